The largest absolute Gasteiger partial charge is 0.392 e. The number of aliphatic hydroxyl groups excluding tert-OH is 1. The van der Waals surface area contributed by atoms with Crippen LogP contribution in [0.25, 0.3) is 0 Å². The molecule has 5 atom stereocenters. The molecule has 1 fully saturated rings. The third kappa shape index (κ3) is 0.603. The summed E-state index contributed by atoms with van der Waals surface area (Å²) >= 11 is 0. The molecule has 1 heteroatoms. The van der Waals surface area contributed by atoms with Crippen LogP contribution in [0, 0.1) is 23.7 Å². The van der Waals surface area contributed by atoms with E-state index in [1.54, 1.807) is 0 Å². The van der Waals surface area contributed by atoms with Gasteiger partial charge in [-0.05, 0) is 24.2 Å². The lowest BCUT2D eigenvalue weighted by Gasteiger charge is -2.14. The van der Waals surface area contributed by atoms with Gasteiger partial charge in [-0.25, -0.2) is 0 Å². The van der Waals surface area contributed by atoms with Gasteiger partial charge in [-0.15, -0.1) is 0 Å². The number of allylic oxidation sites excluding steroid dienone is 3. The van der Waals surface area contributed by atoms with E-state index < -0.39 is 0 Å². The normalized spacial score (nSPS) is 57.4. The van der Waals surface area contributed by atoms with Crippen LogP contribution in [0.3, 0.4) is 0 Å². The van der Waals surface area contributed by atoms with Crippen LogP contribution in [0.2, 0.25) is 0 Å². The minimum atomic E-state index is -0.0591. The van der Waals surface area contributed by atoms with Crippen molar-refractivity contribution in [1.29, 1.82) is 0 Å². The summed E-state index contributed by atoms with van der Waals surface area (Å²) < 4.78 is 0. The van der Waals surface area contributed by atoms with E-state index in [-0.39, 0.29) is 6.10 Å². The van der Waals surface area contributed by atoms with E-state index in [0.717, 1.165) is 12.3 Å². The average molecular weight is 148 g/mol. The summed E-state index contributed by atoms with van der Waals surface area (Å²) in [7, 11) is 0. The smallest absolute Gasteiger partial charge is 0.0611 e. The first kappa shape index (κ1) is 6.01. The average Bonchev–Trinajstić information content (AvgIpc) is 2.53. The standard InChI is InChI=1S/C10H12O/c11-9-5-7-2-1-6-3-4-8(9)10(6)7/h1-4,6-11H,5H2. The van der Waals surface area contributed by atoms with E-state index >= 15 is 0 Å². The minimum Gasteiger partial charge on any atom is -0.392 e. The van der Waals surface area contributed by atoms with Gasteiger partial charge in [0.2, 0.25) is 0 Å². The summed E-state index contributed by atoms with van der Waals surface area (Å²) in [5.41, 5.74) is 0. The molecule has 5 unspecified atom stereocenters. The van der Waals surface area contributed by atoms with Gasteiger partial charge in [0.15, 0.2) is 0 Å². The molecule has 3 rings (SSSR count). The van der Waals surface area contributed by atoms with E-state index in [1.165, 1.54) is 0 Å². The molecule has 0 heterocycles. The maximum Gasteiger partial charge on any atom is 0.0611 e. The van der Waals surface area contributed by atoms with Gasteiger partial charge in [-0.2, -0.15) is 0 Å². The molecule has 0 bridgehead atoms. The molecule has 0 radical (unpaired) electrons. The van der Waals surface area contributed by atoms with Gasteiger partial charge in [0.25, 0.3) is 0 Å². The number of rotatable bonds is 0. The van der Waals surface area contributed by atoms with Gasteiger partial charge in [0.1, 0.15) is 0 Å². The van der Waals surface area contributed by atoms with Crippen LogP contribution in [-0.2, 0) is 0 Å². The first-order valence-corrected chi connectivity index (χ1v) is 4.41. The summed E-state index contributed by atoms with van der Waals surface area (Å²) in [5.74, 6) is 2.53. The van der Waals surface area contributed by atoms with Crippen LogP contribution in [0.1, 0.15) is 6.42 Å². The van der Waals surface area contributed by atoms with E-state index in [0.29, 0.717) is 17.8 Å². The Kier molecular flexibility index (Phi) is 0.972. The highest BCUT2D eigenvalue weighted by molar-refractivity contribution is 5.26. The van der Waals surface area contributed by atoms with Crippen molar-refractivity contribution in [1.82, 2.24) is 0 Å². The van der Waals surface area contributed by atoms with E-state index in [1.807, 2.05) is 0 Å². The molecule has 11 heavy (non-hydrogen) atoms. The molecule has 0 aliphatic heterocycles. The molecule has 0 aromatic rings. The molecule has 58 valence electrons. The Morgan fingerprint density at radius 2 is 1.91 bits per heavy atom. The maximum absolute atomic E-state index is 9.64. The van der Waals surface area contributed by atoms with Gasteiger partial charge in [-0.3, -0.25) is 0 Å². The van der Waals surface area contributed by atoms with Crippen LogP contribution in [0.4, 0.5) is 0 Å². The maximum atomic E-state index is 9.64. The molecule has 1 N–H and O–H groups in total. The second-order valence-electron chi connectivity index (χ2n) is 3.97. The van der Waals surface area contributed by atoms with Crippen molar-refractivity contribution in [2.45, 2.75) is 12.5 Å². The Morgan fingerprint density at radius 3 is 2.82 bits per heavy atom. The molecule has 1 saturated carbocycles. The highest BCUT2D eigenvalue weighted by atomic mass is 16.3. The Labute approximate surface area is 66.4 Å². The lowest BCUT2D eigenvalue weighted by atomic mass is 9.90. The lowest BCUT2D eigenvalue weighted by molar-refractivity contribution is 0.142. The predicted molar refractivity (Wildman–Crippen MR) is 42.9 cm³/mol. The highest BCUT2D eigenvalue weighted by Crippen LogP contribution is 2.51. The molecule has 0 spiro atoms. The van der Waals surface area contributed by atoms with Crippen molar-refractivity contribution in [2.24, 2.45) is 23.7 Å². The fourth-order valence-electron chi connectivity index (χ4n) is 2.99. The molecule has 0 saturated heterocycles. The fraction of sp³-hybridized carbons (Fsp3) is 0.600. The van der Waals surface area contributed by atoms with Crippen LogP contribution in [-0.4, -0.2) is 11.2 Å². The van der Waals surface area contributed by atoms with Crippen molar-refractivity contribution in [3.8, 4) is 0 Å². The molecule has 3 aliphatic rings. The van der Waals surface area contributed by atoms with Crippen molar-refractivity contribution < 1.29 is 5.11 Å². The summed E-state index contributed by atoms with van der Waals surface area (Å²) in [5, 5.41) is 9.64. The molecular weight excluding hydrogens is 136 g/mol. The molecule has 0 amide bonds. The summed E-state index contributed by atoms with van der Waals surface area (Å²) in [4.78, 5) is 0. The summed E-state index contributed by atoms with van der Waals surface area (Å²) in [6.07, 6.45) is 10.0. The first-order chi connectivity index (χ1) is 5.36. The van der Waals surface area contributed by atoms with Gasteiger partial charge < -0.3 is 5.11 Å². The zero-order chi connectivity index (χ0) is 7.42. The van der Waals surface area contributed by atoms with Crippen LogP contribution >= 0.6 is 0 Å². The summed E-state index contributed by atoms with van der Waals surface area (Å²) in [6, 6.07) is 0. The zero-order valence-corrected chi connectivity index (χ0v) is 6.35. The number of hydrogen-bond donors (Lipinski definition) is 1. The minimum absolute atomic E-state index is 0.0591. The topological polar surface area (TPSA) is 20.2 Å². The van der Waals surface area contributed by atoms with Crippen LogP contribution in [0.5, 0.6) is 0 Å². The van der Waals surface area contributed by atoms with Crippen molar-refractivity contribution in [2.75, 3.05) is 0 Å². The molecule has 0 aromatic heterocycles. The van der Waals surface area contributed by atoms with E-state index in [2.05, 4.69) is 24.3 Å². The van der Waals surface area contributed by atoms with Crippen LogP contribution < -0.4 is 0 Å². The van der Waals surface area contributed by atoms with Gasteiger partial charge in [-0.1, -0.05) is 24.3 Å². The Hall–Kier alpha value is -0.560. The lowest BCUT2D eigenvalue weighted by Crippen LogP contribution is -2.15. The van der Waals surface area contributed by atoms with Crippen molar-refractivity contribution >= 4 is 0 Å². The first-order valence-electron chi connectivity index (χ1n) is 4.41. The zero-order valence-electron chi connectivity index (χ0n) is 6.35. The van der Waals surface area contributed by atoms with Gasteiger partial charge in [0.05, 0.1) is 6.10 Å². The molecular formula is C10H12O. The van der Waals surface area contributed by atoms with Crippen molar-refractivity contribution in [3.63, 3.8) is 0 Å². The molecule has 3 aliphatic carbocycles. The van der Waals surface area contributed by atoms with E-state index in [9.17, 15) is 5.11 Å². The van der Waals surface area contributed by atoms with Gasteiger partial charge in [0, 0.05) is 5.92 Å². The number of hydrogen-bond acceptors (Lipinski definition) is 1. The highest BCUT2D eigenvalue weighted by Gasteiger charge is 2.47. The third-order valence-corrected chi connectivity index (χ3v) is 3.48. The molecule has 1 nitrogen and oxygen atoms in total. The molecule has 0 aromatic carbocycles. The monoisotopic (exact) mass is 148 g/mol. The fourth-order valence-corrected chi connectivity index (χ4v) is 2.99. The third-order valence-electron chi connectivity index (χ3n) is 3.48. The second-order valence-corrected chi connectivity index (χ2v) is 3.97. The second kappa shape index (κ2) is 1.78. The van der Waals surface area contributed by atoms with Crippen molar-refractivity contribution in [3.05, 3.63) is 24.3 Å². The SMILES string of the molecule is OC1CC2C=CC3C=CC1C32. The summed E-state index contributed by atoms with van der Waals surface area (Å²) in [6.45, 7) is 0. The quantitative estimate of drug-likeness (QED) is 0.514. The Balaban J connectivity index is 2.04. The Bertz CT molecular complexity index is 241. The predicted octanol–water partition coefficient (Wildman–Crippen LogP) is 1.36. The van der Waals surface area contributed by atoms with Crippen LogP contribution in [0.15, 0.2) is 24.3 Å². The van der Waals surface area contributed by atoms with Gasteiger partial charge >= 0.3 is 0 Å². The van der Waals surface area contributed by atoms with E-state index in [4.69, 9.17) is 0 Å². The Morgan fingerprint density at radius 1 is 1.09 bits per heavy atom. The number of aliphatic hydroxyl groups is 1.